The monoisotopic (exact) mass is 558 g/mol. The number of hydrogen-bond donors (Lipinski definition) is 0. The smallest absolute Gasteiger partial charge is 0.415 e. The lowest BCUT2D eigenvalue weighted by Gasteiger charge is -2.11. The quantitative estimate of drug-likeness (QED) is 0.0819. The Bertz CT molecular complexity index is 1890. The highest BCUT2D eigenvalue weighted by molar-refractivity contribution is 5.94. The number of fused-ring (bicyclic) bond motifs is 1. The standard InChI is InChI=1S/C29H17F3N4O5/c30-29(31,32)21-12-6-10-19(16-21)28(38)41-25-20(11-7-15-24(25)36(39)40)17-33-35-26(18-8-2-1-3-9-18)34-23-14-5-4-13-22(23)27(35)37/h1-17H. The van der Waals surface area contributed by atoms with Crippen LogP contribution in [0.4, 0.5) is 18.9 Å². The molecule has 0 aliphatic rings. The minimum atomic E-state index is -4.72. The molecule has 0 atom stereocenters. The number of hydrogen-bond acceptors (Lipinski definition) is 7. The maximum Gasteiger partial charge on any atom is 0.416 e. The van der Waals surface area contributed by atoms with Crippen molar-refractivity contribution in [1.29, 1.82) is 0 Å². The molecule has 0 N–H and O–H groups in total. The highest BCUT2D eigenvalue weighted by Gasteiger charge is 2.31. The van der Waals surface area contributed by atoms with E-state index in [1.165, 1.54) is 12.1 Å². The van der Waals surface area contributed by atoms with E-state index in [1.54, 1.807) is 54.6 Å². The number of ether oxygens (including phenoxy) is 1. The maximum absolute atomic E-state index is 13.4. The first kappa shape index (κ1) is 26.9. The normalized spacial score (nSPS) is 11.6. The van der Waals surface area contributed by atoms with Gasteiger partial charge in [-0.05, 0) is 36.4 Å². The van der Waals surface area contributed by atoms with E-state index in [2.05, 4.69) is 10.1 Å². The molecule has 0 bridgehead atoms. The summed E-state index contributed by atoms with van der Waals surface area (Å²) in [6, 6.07) is 22.5. The summed E-state index contributed by atoms with van der Waals surface area (Å²) < 4.78 is 45.7. The van der Waals surface area contributed by atoms with Gasteiger partial charge in [-0.2, -0.15) is 22.9 Å². The molecule has 4 aromatic carbocycles. The number of halogens is 3. The predicted octanol–water partition coefficient (Wildman–Crippen LogP) is 6.09. The molecule has 5 rings (SSSR count). The zero-order valence-corrected chi connectivity index (χ0v) is 20.8. The summed E-state index contributed by atoms with van der Waals surface area (Å²) in [5.41, 5.74) is -1.83. The Morgan fingerprint density at radius 2 is 1.66 bits per heavy atom. The van der Waals surface area contributed by atoms with Crippen molar-refractivity contribution in [2.24, 2.45) is 5.10 Å². The Kier molecular flexibility index (Phi) is 7.13. The van der Waals surface area contributed by atoms with E-state index in [0.29, 0.717) is 17.1 Å². The molecule has 0 fully saturated rings. The number of nitro benzene ring substituents is 1. The van der Waals surface area contributed by atoms with E-state index in [9.17, 15) is 32.9 Å². The van der Waals surface area contributed by atoms with E-state index >= 15 is 0 Å². The Balaban J connectivity index is 1.61. The SMILES string of the molecule is O=C(Oc1c(C=Nn2c(-c3ccccc3)nc3ccccc3c2=O)cccc1[N+](=O)[O-])c1cccc(C(F)(F)F)c1. The van der Waals surface area contributed by atoms with Crippen LogP contribution in [-0.2, 0) is 6.18 Å². The van der Waals surface area contributed by atoms with Crippen molar-refractivity contribution in [1.82, 2.24) is 9.66 Å². The van der Waals surface area contributed by atoms with Gasteiger partial charge in [0.2, 0.25) is 5.75 Å². The zero-order valence-electron chi connectivity index (χ0n) is 20.8. The van der Waals surface area contributed by atoms with Crippen molar-refractivity contribution >= 4 is 28.8 Å². The summed E-state index contributed by atoms with van der Waals surface area (Å²) >= 11 is 0. The highest BCUT2D eigenvalue weighted by atomic mass is 19.4. The molecule has 41 heavy (non-hydrogen) atoms. The molecule has 9 nitrogen and oxygen atoms in total. The molecular formula is C29H17F3N4O5. The van der Waals surface area contributed by atoms with E-state index in [-0.39, 0.29) is 16.8 Å². The van der Waals surface area contributed by atoms with Crippen LogP contribution >= 0.6 is 0 Å². The van der Waals surface area contributed by atoms with Crippen LogP contribution in [-0.4, -0.2) is 26.8 Å². The zero-order chi connectivity index (χ0) is 29.1. The van der Waals surface area contributed by atoms with Crippen LogP contribution < -0.4 is 10.3 Å². The molecular weight excluding hydrogens is 541 g/mol. The van der Waals surface area contributed by atoms with Crippen LogP contribution in [0.5, 0.6) is 5.75 Å². The van der Waals surface area contributed by atoms with Gasteiger partial charge in [-0.15, -0.1) is 0 Å². The molecule has 1 heterocycles. The number of benzene rings is 4. The first-order valence-electron chi connectivity index (χ1n) is 11.9. The van der Waals surface area contributed by atoms with Gasteiger partial charge < -0.3 is 4.74 Å². The third kappa shape index (κ3) is 5.57. The average Bonchev–Trinajstić information content (AvgIpc) is 2.97. The molecule has 5 aromatic rings. The lowest BCUT2D eigenvalue weighted by Crippen LogP contribution is -2.20. The second-order valence-corrected chi connectivity index (χ2v) is 8.60. The molecule has 0 amide bonds. The molecule has 0 saturated carbocycles. The highest BCUT2D eigenvalue weighted by Crippen LogP contribution is 2.33. The Morgan fingerprint density at radius 1 is 0.951 bits per heavy atom. The van der Waals surface area contributed by atoms with Crippen LogP contribution in [0.3, 0.4) is 0 Å². The van der Waals surface area contributed by atoms with Gasteiger partial charge in [0.15, 0.2) is 5.82 Å². The largest absolute Gasteiger partial charge is 0.416 e. The van der Waals surface area contributed by atoms with Crippen molar-refractivity contribution in [3.8, 4) is 17.1 Å². The molecule has 204 valence electrons. The molecule has 0 aliphatic heterocycles. The maximum atomic E-state index is 13.4. The van der Waals surface area contributed by atoms with Crippen molar-refractivity contribution in [2.75, 3.05) is 0 Å². The summed E-state index contributed by atoms with van der Waals surface area (Å²) in [6.07, 6.45) is -3.64. The molecule has 0 aliphatic carbocycles. The number of esters is 1. The Morgan fingerprint density at radius 3 is 2.39 bits per heavy atom. The van der Waals surface area contributed by atoms with Gasteiger partial charge in [0.25, 0.3) is 5.56 Å². The number of aromatic nitrogens is 2. The average molecular weight is 558 g/mol. The number of carbonyl (C=O) groups is 1. The fourth-order valence-corrected chi connectivity index (χ4v) is 4.00. The number of alkyl halides is 3. The second-order valence-electron chi connectivity index (χ2n) is 8.60. The molecule has 0 radical (unpaired) electrons. The van der Waals surface area contributed by atoms with Gasteiger partial charge >= 0.3 is 17.8 Å². The van der Waals surface area contributed by atoms with Gasteiger partial charge in [0, 0.05) is 17.2 Å². The lowest BCUT2D eigenvalue weighted by atomic mass is 10.1. The topological polar surface area (TPSA) is 117 Å². The third-order valence-corrected chi connectivity index (χ3v) is 5.94. The Hall–Kier alpha value is -5.65. The minimum Gasteiger partial charge on any atom is -0.415 e. The van der Waals surface area contributed by atoms with E-state index in [1.807, 2.05) is 0 Å². The molecule has 0 unspecified atom stereocenters. The summed E-state index contributed by atoms with van der Waals surface area (Å²) in [5, 5.41) is 16.3. The molecule has 1 aromatic heterocycles. The summed E-state index contributed by atoms with van der Waals surface area (Å²) in [6.45, 7) is 0. The van der Waals surface area contributed by atoms with Crippen LogP contribution in [0.1, 0.15) is 21.5 Å². The fraction of sp³-hybridized carbons (Fsp3) is 0.0345. The third-order valence-electron chi connectivity index (χ3n) is 5.94. The van der Waals surface area contributed by atoms with Crippen molar-refractivity contribution in [2.45, 2.75) is 6.18 Å². The van der Waals surface area contributed by atoms with Gasteiger partial charge in [-0.1, -0.05) is 54.6 Å². The van der Waals surface area contributed by atoms with Crippen LogP contribution in [0.25, 0.3) is 22.3 Å². The predicted molar refractivity (Wildman–Crippen MR) is 144 cm³/mol. The van der Waals surface area contributed by atoms with Crippen LogP contribution in [0.15, 0.2) is 107 Å². The van der Waals surface area contributed by atoms with Gasteiger partial charge in [0.1, 0.15) is 0 Å². The minimum absolute atomic E-state index is 0.0846. The fourth-order valence-electron chi connectivity index (χ4n) is 4.00. The van der Waals surface area contributed by atoms with Crippen molar-refractivity contribution < 1.29 is 27.6 Å². The Labute approximate surface area is 228 Å². The summed E-state index contributed by atoms with van der Waals surface area (Å²) in [5.74, 6) is -1.64. The number of para-hydroxylation sites is 2. The van der Waals surface area contributed by atoms with Crippen molar-refractivity contribution in [3.63, 3.8) is 0 Å². The first-order valence-corrected chi connectivity index (χ1v) is 11.9. The van der Waals surface area contributed by atoms with Gasteiger partial charge in [-0.3, -0.25) is 14.9 Å². The van der Waals surface area contributed by atoms with E-state index in [4.69, 9.17) is 4.74 Å². The number of nitrogens with zero attached hydrogens (tertiary/aromatic N) is 4. The molecule has 0 spiro atoms. The number of rotatable bonds is 6. The van der Waals surface area contributed by atoms with Crippen LogP contribution in [0, 0.1) is 10.1 Å². The summed E-state index contributed by atoms with van der Waals surface area (Å²) in [7, 11) is 0. The van der Waals surface area contributed by atoms with E-state index in [0.717, 1.165) is 35.2 Å². The summed E-state index contributed by atoms with van der Waals surface area (Å²) in [4.78, 5) is 41.7. The lowest BCUT2D eigenvalue weighted by molar-refractivity contribution is -0.385. The number of nitro groups is 1. The first-order chi connectivity index (χ1) is 19.6. The van der Waals surface area contributed by atoms with Crippen molar-refractivity contribution in [3.05, 3.63) is 134 Å². The second kappa shape index (κ2) is 10.8. The van der Waals surface area contributed by atoms with Gasteiger partial charge in [0.05, 0.1) is 33.2 Å². The van der Waals surface area contributed by atoms with Gasteiger partial charge in [-0.25, -0.2) is 9.78 Å². The number of carbonyl (C=O) groups excluding carboxylic acids is 1. The molecule has 0 saturated heterocycles. The molecule has 12 heteroatoms. The van der Waals surface area contributed by atoms with Crippen LogP contribution in [0.2, 0.25) is 0 Å². The van der Waals surface area contributed by atoms with E-state index < -0.39 is 45.2 Å².